The van der Waals surface area contributed by atoms with Gasteiger partial charge in [0.15, 0.2) is 0 Å². The third-order valence-corrected chi connectivity index (χ3v) is 3.14. The van der Waals surface area contributed by atoms with Crippen molar-refractivity contribution in [3.8, 4) is 23.5 Å². The molecule has 0 unspecified atom stereocenters. The molecule has 0 aliphatic carbocycles. The lowest BCUT2D eigenvalue weighted by Gasteiger charge is -2.03. The molecule has 0 bridgehead atoms. The summed E-state index contributed by atoms with van der Waals surface area (Å²) < 4.78 is 5.49. The van der Waals surface area contributed by atoms with Gasteiger partial charge in [-0.15, -0.1) is 5.10 Å². The number of ether oxygens (including phenoxy) is 1. The highest BCUT2D eigenvalue weighted by Crippen LogP contribution is 2.22. The molecule has 2 aromatic carbocycles. The Morgan fingerprint density at radius 3 is 2.79 bits per heavy atom. The van der Waals surface area contributed by atoms with Crippen LogP contribution in [-0.2, 0) is 6.42 Å². The maximum atomic E-state index is 11.0. The predicted molar refractivity (Wildman–Crippen MR) is 86.9 cm³/mol. The molecule has 0 atom stereocenters. The van der Waals surface area contributed by atoms with Gasteiger partial charge in [0.05, 0.1) is 0 Å². The van der Waals surface area contributed by atoms with E-state index in [9.17, 15) is 4.79 Å². The maximum absolute atomic E-state index is 11.0. The number of nitrogens with one attached hydrogen (secondary N) is 1. The Morgan fingerprint density at radius 1 is 1.17 bits per heavy atom. The van der Waals surface area contributed by atoms with Crippen molar-refractivity contribution < 1.29 is 14.6 Å². The number of aromatic nitrogens is 3. The second-order valence-electron chi connectivity index (χ2n) is 4.89. The molecule has 118 valence electrons. The van der Waals surface area contributed by atoms with Gasteiger partial charge >= 0.3 is 5.97 Å². The van der Waals surface area contributed by atoms with E-state index in [4.69, 9.17) is 9.84 Å². The zero-order valence-electron chi connectivity index (χ0n) is 12.6. The van der Waals surface area contributed by atoms with Crippen LogP contribution in [0.5, 0.6) is 11.6 Å². The SMILES string of the molecule is O=C(O)c1nn[nH]c1Oc1cccc(C#CCc2ccccc2)c1. The lowest BCUT2D eigenvalue weighted by atomic mass is 10.1. The first-order chi connectivity index (χ1) is 11.7. The van der Waals surface area contributed by atoms with E-state index in [1.807, 2.05) is 36.4 Å². The zero-order chi connectivity index (χ0) is 16.8. The van der Waals surface area contributed by atoms with Crippen LogP contribution in [-0.4, -0.2) is 26.5 Å². The molecule has 0 aliphatic rings. The summed E-state index contributed by atoms with van der Waals surface area (Å²) in [6.07, 6.45) is 0.652. The quantitative estimate of drug-likeness (QED) is 0.722. The lowest BCUT2D eigenvalue weighted by molar-refractivity contribution is 0.0687. The number of aromatic carboxylic acids is 1. The van der Waals surface area contributed by atoms with Crippen molar-refractivity contribution in [1.82, 2.24) is 15.4 Å². The second kappa shape index (κ2) is 7.11. The van der Waals surface area contributed by atoms with Crippen molar-refractivity contribution in [2.75, 3.05) is 0 Å². The normalized spacial score (nSPS) is 9.83. The van der Waals surface area contributed by atoms with E-state index < -0.39 is 5.97 Å². The molecule has 6 nitrogen and oxygen atoms in total. The van der Waals surface area contributed by atoms with Gasteiger partial charge < -0.3 is 9.84 Å². The van der Waals surface area contributed by atoms with Gasteiger partial charge in [0, 0.05) is 12.0 Å². The summed E-state index contributed by atoms with van der Waals surface area (Å²) in [5.41, 5.74) is 1.65. The Bertz CT molecular complexity index is 908. The number of carboxylic acids is 1. The largest absolute Gasteiger partial charge is 0.476 e. The van der Waals surface area contributed by atoms with Crippen LogP contribution >= 0.6 is 0 Å². The number of benzene rings is 2. The second-order valence-corrected chi connectivity index (χ2v) is 4.89. The van der Waals surface area contributed by atoms with Crippen LogP contribution in [0.2, 0.25) is 0 Å². The molecule has 0 aliphatic heterocycles. The van der Waals surface area contributed by atoms with Crippen LogP contribution in [0.4, 0.5) is 0 Å². The Hall–Kier alpha value is -3.59. The van der Waals surface area contributed by atoms with Gasteiger partial charge in [-0.05, 0) is 23.8 Å². The molecular weight excluding hydrogens is 306 g/mol. The summed E-state index contributed by atoms with van der Waals surface area (Å²) in [6, 6.07) is 17.0. The molecule has 2 N–H and O–H groups in total. The van der Waals surface area contributed by atoms with Crippen molar-refractivity contribution in [1.29, 1.82) is 0 Å². The van der Waals surface area contributed by atoms with Crippen LogP contribution in [0.25, 0.3) is 0 Å². The Morgan fingerprint density at radius 2 is 2.00 bits per heavy atom. The minimum Gasteiger partial charge on any atom is -0.476 e. The van der Waals surface area contributed by atoms with Crippen LogP contribution < -0.4 is 4.74 Å². The molecule has 1 aromatic heterocycles. The molecule has 0 fully saturated rings. The standard InChI is InChI=1S/C18H13N3O3/c22-18(23)16-17(20-21-19-16)24-15-11-5-10-14(12-15)9-4-8-13-6-2-1-3-7-13/h1-3,5-7,10-12H,8H2,(H,22,23)(H,19,20,21). The molecular formula is C18H13N3O3. The number of aromatic amines is 1. The third kappa shape index (κ3) is 3.78. The number of hydrogen-bond acceptors (Lipinski definition) is 4. The van der Waals surface area contributed by atoms with Crippen LogP contribution in [0.3, 0.4) is 0 Å². The summed E-state index contributed by atoms with van der Waals surface area (Å²) in [4.78, 5) is 11.0. The van der Waals surface area contributed by atoms with E-state index in [0.717, 1.165) is 11.1 Å². The van der Waals surface area contributed by atoms with Gasteiger partial charge in [0.1, 0.15) is 5.75 Å². The molecule has 0 amide bonds. The highest BCUT2D eigenvalue weighted by Gasteiger charge is 2.16. The van der Waals surface area contributed by atoms with Crippen molar-refractivity contribution in [3.05, 3.63) is 71.4 Å². The van der Waals surface area contributed by atoms with E-state index in [1.165, 1.54) is 0 Å². The van der Waals surface area contributed by atoms with Gasteiger partial charge in [-0.25, -0.2) is 9.89 Å². The number of carboxylic acid groups (broad SMARTS) is 1. The summed E-state index contributed by atoms with van der Waals surface area (Å²) in [7, 11) is 0. The minimum absolute atomic E-state index is 0.0168. The topological polar surface area (TPSA) is 88.1 Å². The molecule has 6 heteroatoms. The van der Waals surface area contributed by atoms with Crippen molar-refractivity contribution in [3.63, 3.8) is 0 Å². The fraction of sp³-hybridized carbons (Fsp3) is 0.0556. The van der Waals surface area contributed by atoms with Crippen molar-refractivity contribution in [2.45, 2.75) is 6.42 Å². The predicted octanol–water partition coefficient (Wildman–Crippen LogP) is 2.89. The molecule has 0 spiro atoms. The van der Waals surface area contributed by atoms with Crippen LogP contribution in [0, 0.1) is 11.8 Å². The van der Waals surface area contributed by atoms with E-state index in [1.54, 1.807) is 18.2 Å². The Labute approximate surface area is 138 Å². The maximum Gasteiger partial charge on any atom is 0.362 e. The highest BCUT2D eigenvalue weighted by molar-refractivity contribution is 5.87. The number of carbonyl (C=O) groups is 1. The summed E-state index contributed by atoms with van der Waals surface area (Å²) in [5.74, 6) is 5.39. The molecule has 0 saturated carbocycles. The number of hydrogen-bond donors (Lipinski definition) is 2. The van der Waals surface area contributed by atoms with E-state index in [2.05, 4.69) is 27.3 Å². The van der Waals surface area contributed by atoms with Gasteiger partial charge in [-0.2, -0.15) is 0 Å². The molecule has 0 radical (unpaired) electrons. The fourth-order valence-electron chi connectivity index (χ4n) is 2.03. The lowest BCUT2D eigenvalue weighted by Crippen LogP contribution is -1.99. The van der Waals surface area contributed by atoms with Crippen molar-refractivity contribution in [2.24, 2.45) is 0 Å². The van der Waals surface area contributed by atoms with E-state index >= 15 is 0 Å². The first-order valence-corrected chi connectivity index (χ1v) is 7.17. The van der Waals surface area contributed by atoms with Crippen molar-refractivity contribution >= 4 is 5.97 Å². The number of nitrogens with zero attached hydrogens (tertiary/aromatic N) is 2. The van der Waals surface area contributed by atoms with Gasteiger partial charge in [0.2, 0.25) is 5.69 Å². The summed E-state index contributed by atoms with van der Waals surface area (Å²) in [5, 5.41) is 18.3. The fourth-order valence-corrected chi connectivity index (χ4v) is 2.03. The minimum atomic E-state index is -1.21. The molecule has 3 aromatic rings. The average Bonchev–Trinajstić information content (AvgIpc) is 3.05. The Kier molecular flexibility index (Phi) is 4.54. The monoisotopic (exact) mass is 319 g/mol. The summed E-state index contributed by atoms with van der Waals surface area (Å²) in [6.45, 7) is 0. The molecule has 0 saturated heterocycles. The van der Waals surface area contributed by atoms with Crippen LogP contribution in [0.1, 0.15) is 21.6 Å². The van der Waals surface area contributed by atoms with Gasteiger partial charge in [-0.3, -0.25) is 0 Å². The zero-order valence-corrected chi connectivity index (χ0v) is 12.6. The molecule has 24 heavy (non-hydrogen) atoms. The van der Waals surface area contributed by atoms with Crippen LogP contribution in [0.15, 0.2) is 54.6 Å². The highest BCUT2D eigenvalue weighted by atomic mass is 16.5. The first-order valence-electron chi connectivity index (χ1n) is 7.17. The smallest absolute Gasteiger partial charge is 0.362 e. The van der Waals surface area contributed by atoms with Gasteiger partial charge in [-0.1, -0.05) is 53.5 Å². The summed E-state index contributed by atoms with van der Waals surface area (Å²) >= 11 is 0. The average molecular weight is 319 g/mol. The molecule has 1 heterocycles. The number of rotatable bonds is 4. The Balaban J connectivity index is 1.73. The number of H-pyrrole nitrogens is 1. The third-order valence-electron chi connectivity index (χ3n) is 3.14. The molecule has 3 rings (SSSR count). The van der Waals surface area contributed by atoms with E-state index in [0.29, 0.717) is 12.2 Å². The first kappa shape index (κ1) is 15.3. The van der Waals surface area contributed by atoms with Gasteiger partial charge in [0.25, 0.3) is 5.88 Å². The van der Waals surface area contributed by atoms with E-state index in [-0.39, 0.29) is 11.6 Å².